The van der Waals surface area contributed by atoms with Crippen molar-refractivity contribution in [2.75, 3.05) is 19.6 Å². The number of sulfonamides is 1. The minimum atomic E-state index is -3.51. The molecule has 118 valence electrons. The fourth-order valence-corrected chi connectivity index (χ4v) is 4.50. The molecule has 5 nitrogen and oxygen atoms in total. The van der Waals surface area contributed by atoms with E-state index >= 15 is 0 Å². The Balaban J connectivity index is 2.16. The van der Waals surface area contributed by atoms with E-state index in [1.807, 2.05) is 13.0 Å². The molecule has 0 amide bonds. The summed E-state index contributed by atoms with van der Waals surface area (Å²) in [7, 11) is -3.51. The molecule has 2 rings (SSSR count). The van der Waals surface area contributed by atoms with E-state index in [0.29, 0.717) is 25.4 Å². The third-order valence-electron chi connectivity index (χ3n) is 3.45. The van der Waals surface area contributed by atoms with E-state index in [2.05, 4.69) is 28.2 Å². The summed E-state index contributed by atoms with van der Waals surface area (Å²) in [6, 6.07) is 1.60. The lowest BCUT2D eigenvalue weighted by Gasteiger charge is -2.24. The number of nitrogens with one attached hydrogen (secondary N) is 1. The fourth-order valence-electron chi connectivity index (χ4n) is 2.16. The van der Waals surface area contributed by atoms with Crippen LogP contribution >= 0.6 is 15.9 Å². The second-order valence-corrected chi connectivity index (χ2v) is 7.82. The lowest BCUT2D eigenvalue weighted by molar-refractivity contribution is 0.427. The lowest BCUT2D eigenvalue weighted by Crippen LogP contribution is -2.34. The Bertz CT molecular complexity index is 622. The van der Waals surface area contributed by atoms with E-state index in [1.54, 1.807) is 6.07 Å². The molecule has 0 unspecified atom stereocenters. The van der Waals surface area contributed by atoms with Crippen LogP contribution in [0.25, 0.3) is 0 Å². The van der Waals surface area contributed by atoms with Crippen LogP contribution in [0.4, 0.5) is 0 Å². The normalized spacial score (nSPS) is 17.0. The maximum Gasteiger partial charge on any atom is 0.247 e. The molecule has 1 aliphatic heterocycles. The highest BCUT2D eigenvalue weighted by Gasteiger charge is 2.30. The molecule has 0 aliphatic carbocycles. The van der Waals surface area contributed by atoms with E-state index in [4.69, 9.17) is 4.42 Å². The number of hydrogen-bond donors (Lipinski definition) is 1. The Hall–Kier alpha value is -0.630. The summed E-state index contributed by atoms with van der Waals surface area (Å²) >= 11 is 3.22. The van der Waals surface area contributed by atoms with Crippen LogP contribution in [0.5, 0.6) is 0 Å². The number of hydrogen-bond acceptors (Lipinski definition) is 4. The zero-order valence-electron chi connectivity index (χ0n) is 12.4. The summed E-state index contributed by atoms with van der Waals surface area (Å²) < 4.78 is 32.5. The maximum atomic E-state index is 12.6. The van der Waals surface area contributed by atoms with Crippen molar-refractivity contribution in [1.29, 1.82) is 0 Å². The molecule has 1 N–H and O–H groups in total. The number of halogens is 1. The molecular weight excluding hydrogens is 356 g/mol. The van der Waals surface area contributed by atoms with Crippen molar-refractivity contribution in [3.63, 3.8) is 0 Å². The summed E-state index contributed by atoms with van der Waals surface area (Å²) in [5.41, 5.74) is 1.23. The molecule has 0 saturated carbocycles. The Morgan fingerprint density at radius 3 is 2.86 bits per heavy atom. The first-order valence-corrected chi connectivity index (χ1v) is 9.33. The molecule has 7 heteroatoms. The van der Waals surface area contributed by atoms with Gasteiger partial charge in [-0.05, 0) is 42.2 Å². The van der Waals surface area contributed by atoms with Gasteiger partial charge in [0.15, 0.2) is 4.67 Å². The molecule has 0 spiro atoms. The number of furan rings is 1. The predicted molar refractivity (Wildman–Crippen MR) is 85.5 cm³/mol. The highest BCUT2D eigenvalue weighted by molar-refractivity contribution is 9.10. The molecule has 0 saturated heterocycles. The highest BCUT2D eigenvalue weighted by Crippen LogP contribution is 2.30. The van der Waals surface area contributed by atoms with Gasteiger partial charge in [-0.25, -0.2) is 8.42 Å². The summed E-state index contributed by atoms with van der Waals surface area (Å²) in [4.78, 5) is 0.212. The predicted octanol–water partition coefficient (Wildman–Crippen LogP) is 2.88. The van der Waals surface area contributed by atoms with Gasteiger partial charge in [0.25, 0.3) is 0 Å². The Kier molecular flexibility index (Phi) is 5.65. The van der Waals surface area contributed by atoms with Crippen LogP contribution < -0.4 is 5.32 Å². The average Bonchev–Trinajstić information content (AvgIpc) is 2.81. The standard InChI is InChI=1S/C14H21BrN2O3S/c1-3-6-16-10-12-9-13(14(15)20-12)21(18,19)17-7-4-11(2)5-8-17/h4,9,16H,3,5-8,10H2,1-2H3. The van der Waals surface area contributed by atoms with Crippen LogP contribution in [0.2, 0.25) is 0 Å². The molecule has 0 atom stereocenters. The van der Waals surface area contributed by atoms with Crippen LogP contribution in [0.15, 0.2) is 31.7 Å². The van der Waals surface area contributed by atoms with Gasteiger partial charge < -0.3 is 9.73 Å². The zero-order chi connectivity index (χ0) is 15.5. The molecule has 0 bridgehead atoms. The van der Waals surface area contributed by atoms with Crippen molar-refractivity contribution in [2.45, 2.75) is 38.1 Å². The topological polar surface area (TPSA) is 62.6 Å². The van der Waals surface area contributed by atoms with Crippen molar-refractivity contribution in [3.8, 4) is 0 Å². The molecule has 0 fully saturated rings. The zero-order valence-corrected chi connectivity index (χ0v) is 14.8. The molecule has 21 heavy (non-hydrogen) atoms. The third-order valence-corrected chi connectivity index (χ3v) is 6.17. The highest BCUT2D eigenvalue weighted by atomic mass is 79.9. The van der Waals surface area contributed by atoms with E-state index in [0.717, 1.165) is 19.4 Å². The first-order chi connectivity index (χ1) is 9.95. The van der Waals surface area contributed by atoms with Gasteiger partial charge in [0.05, 0.1) is 6.54 Å². The molecule has 1 aromatic rings. The smallest absolute Gasteiger partial charge is 0.247 e. The molecule has 1 aliphatic rings. The molecular formula is C14H21BrN2O3S. The van der Waals surface area contributed by atoms with Crippen molar-refractivity contribution in [1.82, 2.24) is 9.62 Å². The number of nitrogens with zero attached hydrogens (tertiary/aromatic N) is 1. The van der Waals surface area contributed by atoms with Crippen LogP contribution in [-0.4, -0.2) is 32.4 Å². The van der Waals surface area contributed by atoms with Crippen molar-refractivity contribution in [2.24, 2.45) is 0 Å². The first kappa shape index (κ1) is 16.7. The quantitative estimate of drug-likeness (QED) is 0.612. The van der Waals surface area contributed by atoms with Crippen molar-refractivity contribution in [3.05, 3.63) is 28.1 Å². The van der Waals surface area contributed by atoms with Crippen LogP contribution in [0, 0.1) is 0 Å². The second-order valence-electron chi connectivity index (χ2n) is 5.19. The van der Waals surface area contributed by atoms with Crippen LogP contribution in [0.1, 0.15) is 32.4 Å². The Labute approximate surface area is 134 Å². The minimum Gasteiger partial charge on any atom is -0.452 e. The van der Waals surface area contributed by atoms with Gasteiger partial charge in [0, 0.05) is 19.2 Å². The van der Waals surface area contributed by atoms with Gasteiger partial charge in [0.1, 0.15) is 10.7 Å². The van der Waals surface area contributed by atoms with Gasteiger partial charge in [-0.2, -0.15) is 4.31 Å². The van der Waals surface area contributed by atoms with Crippen LogP contribution in [0.3, 0.4) is 0 Å². The molecule has 1 aromatic heterocycles. The minimum absolute atomic E-state index is 0.212. The SMILES string of the molecule is CCCNCc1cc(S(=O)(=O)N2CC=C(C)CC2)c(Br)o1. The number of rotatable bonds is 6. The van der Waals surface area contributed by atoms with Gasteiger partial charge >= 0.3 is 0 Å². The summed E-state index contributed by atoms with van der Waals surface area (Å²) in [6.45, 7) is 6.44. The largest absolute Gasteiger partial charge is 0.452 e. The molecule has 2 heterocycles. The van der Waals surface area contributed by atoms with E-state index in [-0.39, 0.29) is 9.56 Å². The van der Waals surface area contributed by atoms with Gasteiger partial charge in [0.2, 0.25) is 10.0 Å². The van der Waals surface area contributed by atoms with E-state index in [9.17, 15) is 8.42 Å². The lowest BCUT2D eigenvalue weighted by atomic mass is 10.1. The van der Waals surface area contributed by atoms with Gasteiger partial charge in [-0.15, -0.1) is 0 Å². The fraction of sp³-hybridized carbons (Fsp3) is 0.571. The third kappa shape index (κ3) is 3.97. The summed E-state index contributed by atoms with van der Waals surface area (Å²) in [5, 5.41) is 3.20. The summed E-state index contributed by atoms with van der Waals surface area (Å²) in [6.07, 6.45) is 3.75. The Morgan fingerprint density at radius 2 is 2.24 bits per heavy atom. The van der Waals surface area contributed by atoms with Gasteiger partial charge in [-0.3, -0.25) is 0 Å². The monoisotopic (exact) mass is 376 g/mol. The van der Waals surface area contributed by atoms with E-state index in [1.165, 1.54) is 9.88 Å². The van der Waals surface area contributed by atoms with Gasteiger partial charge in [-0.1, -0.05) is 18.6 Å². The van der Waals surface area contributed by atoms with Crippen molar-refractivity contribution >= 4 is 26.0 Å². The first-order valence-electron chi connectivity index (χ1n) is 7.10. The molecule has 0 aromatic carbocycles. The van der Waals surface area contributed by atoms with Crippen molar-refractivity contribution < 1.29 is 12.8 Å². The summed E-state index contributed by atoms with van der Waals surface area (Å²) in [5.74, 6) is 0.623. The maximum absolute atomic E-state index is 12.6. The second kappa shape index (κ2) is 7.09. The Morgan fingerprint density at radius 1 is 1.48 bits per heavy atom. The average molecular weight is 377 g/mol. The van der Waals surface area contributed by atoms with E-state index < -0.39 is 10.0 Å². The molecule has 0 radical (unpaired) electrons. The van der Waals surface area contributed by atoms with Crippen LogP contribution in [-0.2, 0) is 16.6 Å².